The summed E-state index contributed by atoms with van der Waals surface area (Å²) in [6.45, 7) is 2.12. The minimum absolute atomic E-state index is 0.0653. The van der Waals surface area contributed by atoms with Gasteiger partial charge in [0.25, 0.3) is 0 Å². The van der Waals surface area contributed by atoms with E-state index in [0.717, 1.165) is 29.8 Å². The maximum absolute atomic E-state index is 6.24. The molecule has 18 heavy (non-hydrogen) atoms. The molecule has 0 radical (unpaired) electrons. The average molecular weight is 262 g/mol. The van der Waals surface area contributed by atoms with Gasteiger partial charge in [0.2, 0.25) is 0 Å². The van der Waals surface area contributed by atoms with Crippen molar-refractivity contribution in [2.75, 3.05) is 0 Å². The lowest BCUT2D eigenvalue weighted by Crippen LogP contribution is -2.36. The molecule has 2 N–H and O–H groups in total. The van der Waals surface area contributed by atoms with Crippen LogP contribution in [0, 0.1) is 0 Å². The Morgan fingerprint density at radius 1 is 1.44 bits per heavy atom. The summed E-state index contributed by atoms with van der Waals surface area (Å²) in [6, 6.07) is 8.29. The topological polar surface area (TPSA) is 48.1 Å². The fourth-order valence-electron chi connectivity index (χ4n) is 2.49. The van der Waals surface area contributed by atoms with Gasteiger partial charge in [-0.05, 0) is 31.9 Å². The minimum atomic E-state index is 0.0653. The van der Waals surface area contributed by atoms with Crippen LogP contribution in [0.15, 0.2) is 24.3 Å². The van der Waals surface area contributed by atoms with Gasteiger partial charge in [-0.1, -0.05) is 12.1 Å². The van der Waals surface area contributed by atoms with E-state index in [2.05, 4.69) is 24.0 Å². The van der Waals surface area contributed by atoms with E-state index in [1.807, 2.05) is 12.1 Å². The van der Waals surface area contributed by atoms with Crippen molar-refractivity contribution in [3.8, 4) is 0 Å². The lowest BCUT2D eigenvalue weighted by molar-refractivity contribution is 0.0404. The first kappa shape index (κ1) is 12.1. The van der Waals surface area contributed by atoms with Crippen LogP contribution < -0.4 is 5.73 Å². The number of ether oxygens (including phenoxy) is 1. The van der Waals surface area contributed by atoms with Crippen LogP contribution in [0.3, 0.4) is 0 Å². The first-order valence-electron chi connectivity index (χ1n) is 6.48. The highest BCUT2D eigenvalue weighted by molar-refractivity contribution is 7.18. The van der Waals surface area contributed by atoms with E-state index in [0.29, 0.717) is 6.10 Å². The molecule has 3 unspecified atom stereocenters. The molecule has 2 heterocycles. The Kier molecular flexibility index (Phi) is 3.33. The number of para-hydroxylation sites is 1. The maximum atomic E-state index is 6.24. The van der Waals surface area contributed by atoms with Gasteiger partial charge in [0, 0.05) is 12.5 Å². The molecule has 0 bridgehead atoms. The molecule has 1 saturated heterocycles. The monoisotopic (exact) mass is 262 g/mol. The molecule has 0 amide bonds. The van der Waals surface area contributed by atoms with Gasteiger partial charge in [0.05, 0.1) is 27.4 Å². The number of nitrogens with two attached hydrogens (primary N) is 1. The second-order valence-electron chi connectivity index (χ2n) is 5.01. The van der Waals surface area contributed by atoms with Crippen molar-refractivity contribution in [3.63, 3.8) is 0 Å². The number of benzene rings is 1. The molecule has 1 aromatic carbocycles. The predicted octanol–water partition coefficient (Wildman–Crippen LogP) is 2.73. The van der Waals surface area contributed by atoms with Crippen LogP contribution in [0.5, 0.6) is 0 Å². The van der Waals surface area contributed by atoms with E-state index in [1.54, 1.807) is 11.3 Å². The molecule has 3 atom stereocenters. The molecule has 1 aromatic heterocycles. The zero-order valence-corrected chi connectivity index (χ0v) is 11.3. The zero-order valence-electron chi connectivity index (χ0n) is 10.5. The third-order valence-electron chi connectivity index (χ3n) is 3.49. The highest BCUT2D eigenvalue weighted by atomic mass is 32.1. The van der Waals surface area contributed by atoms with Crippen molar-refractivity contribution in [2.45, 2.75) is 44.4 Å². The van der Waals surface area contributed by atoms with Gasteiger partial charge in [0.15, 0.2) is 0 Å². The fraction of sp³-hybridized carbons (Fsp3) is 0.500. The molecule has 0 spiro atoms. The third-order valence-corrected chi connectivity index (χ3v) is 4.55. The van der Waals surface area contributed by atoms with Crippen molar-refractivity contribution in [2.24, 2.45) is 5.73 Å². The van der Waals surface area contributed by atoms with E-state index in [4.69, 9.17) is 10.5 Å². The lowest BCUT2D eigenvalue weighted by atomic mass is 10.1. The number of fused-ring (bicyclic) bond motifs is 1. The van der Waals surface area contributed by atoms with Crippen LogP contribution >= 0.6 is 11.3 Å². The summed E-state index contributed by atoms with van der Waals surface area (Å²) in [7, 11) is 0. The molecular formula is C14H18N2OS. The number of nitrogens with zero attached hydrogens (tertiary/aromatic N) is 1. The number of thiazole rings is 1. The second-order valence-corrected chi connectivity index (χ2v) is 6.12. The Bertz CT molecular complexity index is 506. The number of aromatic nitrogens is 1. The van der Waals surface area contributed by atoms with Gasteiger partial charge in [-0.3, -0.25) is 0 Å². The summed E-state index contributed by atoms with van der Waals surface area (Å²) in [6.07, 6.45) is 3.57. The minimum Gasteiger partial charge on any atom is -0.374 e. The Balaban J connectivity index is 1.71. The van der Waals surface area contributed by atoms with Crippen LogP contribution in [-0.2, 0) is 11.2 Å². The van der Waals surface area contributed by atoms with Gasteiger partial charge in [-0.15, -0.1) is 11.3 Å². The van der Waals surface area contributed by atoms with Crippen LogP contribution in [-0.4, -0.2) is 23.2 Å². The fourth-order valence-corrected chi connectivity index (χ4v) is 3.53. The SMILES string of the molecule is CC1CCC(C(N)Cc2nc3ccccc3s2)O1. The van der Waals surface area contributed by atoms with Crippen molar-refractivity contribution in [1.82, 2.24) is 4.98 Å². The zero-order chi connectivity index (χ0) is 12.5. The smallest absolute Gasteiger partial charge is 0.0955 e. The standard InChI is InChI=1S/C14H18N2OS/c1-9-6-7-12(17-9)10(15)8-14-16-11-4-2-3-5-13(11)18-14/h2-5,9-10,12H,6-8,15H2,1H3. The third kappa shape index (κ3) is 2.41. The summed E-state index contributed by atoms with van der Waals surface area (Å²) >= 11 is 1.74. The normalized spacial score (nSPS) is 25.7. The van der Waals surface area contributed by atoms with Gasteiger partial charge in [-0.25, -0.2) is 4.98 Å². The Hall–Kier alpha value is -0.970. The molecule has 1 aliphatic rings. The van der Waals surface area contributed by atoms with Crippen molar-refractivity contribution < 1.29 is 4.74 Å². The van der Waals surface area contributed by atoms with Gasteiger partial charge in [-0.2, -0.15) is 0 Å². The van der Waals surface area contributed by atoms with Crippen molar-refractivity contribution >= 4 is 21.6 Å². The predicted molar refractivity (Wildman–Crippen MR) is 74.9 cm³/mol. The van der Waals surface area contributed by atoms with Gasteiger partial charge in [0.1, 0.15) is 0 Å². The van der Waals surface area contributed by atoms with E-state index >= 15 is 0 Å². The van der Waals surface area contributed by atoms with Crippen molar-refractivity contribution in [3.05, 3.63) is 29.3 Å². The largest absolute Gasteiger partial charge is 0.374 e. The number of rotatable bonds is 3. The molecular weight excluding hydrogens is 244 g/mol. The summed E-state index contributed by atoms with van der Waals surface area (Å²) in [5.74, 6) is 0. The Morgan fingerprint density at radius 2 is 2.28 bits per heavy atom. The molecule has 1 fully saturated rings. The quantitative estimate of drug-likeness (QED) is 0.925. The van der Waals surface area contributed by atoms with E-state index in [1.165, 1.54) is 4.70 Å². The first-order chi connectivity index (χ1) is 8.72. The summed E-state index contributed by atoms with van der Waals surface area (Å²) < 4.78 is 7.06. The van der Waals surface area contributed by atoms with Crippen LogP contribution in [0.25, 0.3) is 10.2 Å². The molecule has 96 valence electrons. The summed E-state index contributed by atoms with van der Waals surface area (Å²) in [4.78, 5) is 4.63. The Labute approximate surface area is 111 Å². The average Bonchev–Trinajstić information content (AvgIpc) is 2.94. The molecule has 0 aliphatic carbocycles. The first-order valence-corrected chi connectivity index (χ1v) is 7.29. The Morgan fingerprint density at radius 3 is 3.00 bits per heavy atom. The van der Waals surface area contributed by atoms with Gasteiger partial charge >= 0.3 is 0 Å². The lowest BCUT2D eigenvalue weighted by Gasteiger charge is -2.18. The molecule has 3 nitrogen and oxygen atoms in total. The van der Waals surface area contributed by atoms with E-state index in [9.17, 15) is 0 Å². The highest BCUT2D eigenvalue weighted by Crippen LogP contribution is 2.26. The van der Waals surface area contributed by atoms with Crippen molar-refractivity contribution in [1.29, 1.82) is 0 Å². The van der Waals surface area contributed by atoms with E-state index < -0.39 is 0 Å². The van der Waals surface area contributed by atoms with Gasteiger partial charge < -0.3 is 10.5 Å². The van der Waals surface area contributed by atoms with Crippen LogP contribution in [0.2, 0.25) is 0 Å². The summed E-state index contributed by atoms with van der Waals surface area (Å²) in [5.41, 5.74) is 7.31. The molecule has 0 saturated carbocycles. The van der Waals surface area contributed by atoms with Crippen LogP contribution in [0.1, 0.15) is 24.8 Å². The second kappa shape index (κ2) is 4.96. The number of hydrogen-bond donors (Lipinski definition) is 1. The van der Waals surface area contributed by atoms with E-state index in [-0.39, 0.29) is 12.1 Å². The molecule has 1 aliphatic heterocycles. The van der Waals surface area contributed by atoms with Crippen LogP contribution in [0.4, 0.5) is 0 Å². The highest BCUT2D eigenvalue weighted by Gasteiger charge is 2.27. The molecule has 2 aromatic rings. The molecule has 4 heteroatoms. The summed E-state index contributed by atoms with van der Waals surface area (Å²) in [5, 5.41) is 1.12. The molecule has 3 rings (SSSR count). The number of hydrogen-bond acceptors (Lipinski definition) is 4. The maximum Gasteiger partial charge on any atom is 0.0955 e.